The van der Waals surface area contributed by atoms with Gasteiger partial charge in [-0.05, 0) is 30.0 Å². The Balaban J connectivity index is 1.90. The van der Waals surface area contributed by atoms with Crippen LogP contribution in [0.5, 0.6) is 0 Å². The number of nitrogens with zero attached hydrogens (tertiary/aromatic N) is 1. The number of hydrogen-bond donors (Lipinski definition) is 1. The maximum absolute atomic E-state index is 6.06. The zero-order valence-corrected chi connectivity index (χ0v) is 9.28. The predicted octanol–water partition coefficient (Wildman–Crippen LogP) is 2.26. The van der Waals surface area contributed by atoms with Crippen molar-refractivity contribution in [3.63, 3.8) is 0 Å². The molecule has 0 saturated carbocycles. The fourth-order valence-electron chi connectivity index (χ4n) is 1.55. The molecule has 78 valence electrons. The molecule has 0 aliphatic carbocycles. The summed E-state index contributed by atoms with van der Waals surface area (Å²) in [6.07, 6.45) is 3.60. The third kappa shape index (κ3) is 3.15. The van der Waals surface area contributed by atoms with Gasteiger partial charge in [0.15, 0.2) is 0 Å². The lowest BCUT2D eigenvalue weighted by molar-refractivity contribution is 0.660. The first-order valence-electron chi connectivity index (χ1n) is 5.02. The number of nitrogens with two attached hydrogens (primary N) is 1. The second-order valence-electron chi connectivity index (χ2n) is 3.57. The number of rotatable bonds is 4. The first kappa shape index (κ1) is 10.3. The molecule has 0 amide bonds. The fourth-order valence-corrected chi connectivity index (χ4v) is 2.35. The van der Waals surface area contributed by atoms with Crippen LogP contribution >= 0.6 is 11.3 Å². The minimum atomic E-state index is 0.165. The Morgan fingerprint density at radius 2 is 2.13 bits per heavy atom. The smallest absolute Gasteiger partial charge is 0.0419 e. The van der Waals surface area contributed by atoms with Crippen LogP contribution in [0.15, 0.2) is 41.9 Å². The molecule has 0 spiro atoms. The number of hydrogen-bond acceptors (Lipinski definition) is 3. The fraction of sp³-hybridized carbons (Fsp3) is 0.250. The Morgan fingerprint density at radius 1 is 1.20 bits per heavy atom. The van der Waals surface area contributed by atoms with Crippen molar-refractivity contribution in [2.24, 2.45) is 5.73 Å². The van der Waals surface area contributed by atoms with Crippen LogP contribution in [-0.4, -0.2) is 11.0 Å². The van der Waals surface area contributed by atoms with Crippen LogP contribution in [0.1, 0.15) is 10.6 Å². The van der Waals surface area contributed by atoms with Gasteiger partial charge in [0.1, 0.15) is 0 Å². The summed E-state index contributed by atoms with van der Waals surface area (Å²) in [6.45, 7) is 0. The van der Waals surface area contributed by atoms with E-state index in [0.29, 0.717) is 0 Å². The molecule has 2 N–H and O–H groups in total. The molecule has 1 unspecified atom stereocenters. The molecule has 3 heteroatoms. The molecule has 0 aromatic carbocycles. The Bertz CT molecular complexity index is 383. The normalized spacial score (nSPS) is 12.6. The standard InChI is InChI=1S/C12H14N2S/c13-10(9-12-5-3-7-15-12)8-11-4-1-2-6-14-11/h1-7,10H,8-9,13H2. The highest BCUT2D eigenvalue weighted by Gasteiger charge is 2.06. The van der Waals surface area contributed by atoms with E-state index in [2.05, 4.69) is 22.5 Å². The molecule has 0 aliphatic rings. The molecule has 1 atom stereocenters. The lowest BCUT2D eigenvalue weighted by atomic mass is 10.1. The van der Waals surface area contributed by atoms with E-state index in [0.717, 1.165) is 18.5 Å². The summed E-state index contributed by atoms with van der Waals surface area (Å²) >= 11 is 1.76. The SMILES string of the molecule is NC(Cc1ccccn1)Cc1cccs1. The minimum Gasteiger partial charge on any atom is -0.327 e. The zero-order chi connectivity index (χ0) is 10.5. The molecule has 0 radical (unpaired) electrons. The summed E-state index contributed by atoms with van der Waals surface area (Å²) in [7, 11) is 0. The van der Waals surface area contributed by atoms with Gasteiger partial charge in [-0.1, -0.05) is 12.1 Å². The third-order valence-electron chi connectivity index (χ3n) is 2.24. The van der Waals surface area contributed by atoms with Gasteiger partial charge < -0.3 is 5.73 Å². The van der Waals surface area contributed by atoms with Gasteiger partial charge in [-0.3, -0.25) is 4.98 Å². The largest absolute Gasteiger partial charge is 0.327 e. The molecular weight excluding hydrogens is 204 g/mol. The topological polar surface area (TPSA) is 38.9 Å². The number of aromatic nitrogens is 1. The second-order valence-corrected chi connectivity index (χ2v) is 4.60. The summed E-state index contributed by atoms with van der Waals surface area (Å²) in [5.41, 5.74) is 7.13. The van der Waals surface area contributed by atoms with Crippen molar-refractivity contribution in [3.05, 3.63) is 52.5 Å². The molecule has 0 bridgehead atoms. The third-order valence-corrected chi connectivity index (χ3v) is 3.14. The van der Waals surface area contributed by atoms with Crippen LogP contribution < -0.4 is 5.73 Å². The lowest BCUT2D eigenvalue weighted by Gasteiger charge is -2.09. The molecule has 2 aromatic rings. The predicted molar refractivity (Wildman–Crippen MR) is 63.9 cm³/mol. The summed E-state index contributed by atoms with van der Waals surface area (Å²) in [5.74, 6) is 0. The van der Waals surface area contributed by atoms with Gasteiger partial charge in [-0.15, -0.1) is 11.3 Å². The molecule has 15 heavy (non-hydrogen) atoms. The van der Waals surface area contributed by atoms with Crippen LogP contribution in [0.25, 0.3) is 0 Å². The summed E-state index contributed by atoms with van der Waals surface area (Å²) < 4.78 is 0. The molecule has 0 fully saturated rings. The van der Waals surface area contributed by atoms with E-state index >= 15 is 0 Å². The Hall–Kier alpha value is -1.19. The van der Waals surface area contributed by atoms with Gasteiger partial charge in [0, 0.05) is 29.2 Å². The highest BCUT2D eigenvalue weighted by Crippen LogP contribution is 2.11. The quantitative estimate of drug-likeness (QED) is 0.855. The van der Waals surface area contributed by atoms with Gasteiger partial charge >= 0.3 is 0 Å². The van der Waals surface area contributed by atoms with Crippen molar-refractivity contribution in [1.82, 2.24) is 4.98 Å². The number of pyridine rings is 1. The van der Waals surface area contributed by atoms with Crippen molar-refractivity contribution < 1.29 is 0 Å². The van der Waals surface area contributed by atoms with E-state index in [9.17, 15) is 0 Å². The van der Waals surface area contributed by atoms with Crippen LogP contribution in [0, 0.1) is 0 Å². The Kier molecular flexibility index (Phi) is 3.48. The summed E-state index contributed by atoms with van der Waals surface area (Å²) in [4.78, 5) is 5.62. The first-order valence-corrected chi connectivity index (χ1v) is 5.90. The van der Waals surface area contributed by atoms with Gasteiger partial charge in [0.05, 0.1) is 0 Å². The molecular formula is C12H14N2S. The van der Waals surface area contributed by atoms with Gasteiger partial charge in [0.25, 0.3) is 0 Å². The maximum Gasteiger partial charge on any atom is 0.0419 e. The van der Waals surface area contributed by atoms with Crippen LogP contribution in [-0.2, 0) is 12.8 Å². The average molecular weight is 218 g/mol. The van der Waals surface area contributed by atoms with E-state index in [1.54, 1.807) is 11.3 Å². The van der Waals surface area contributed by atoms with Crippen LogP contribution in [0.2, 0.25) is 0 Å². The molecule has 2 nitrogen and oxygen atoms in total. The molecule has 2 heterocycles. The van der Waals surface area contributed by atoms with Crippen molar-refractivity contribution >= 4 is 11.3 Å². The highest BCUT2D eigenvalue weighted by atomic mass is 32.1. The van der Waals surface area contributed by atoms with Crippen molar-refractivity contribution in [2.75, 3.05) is 0 Å². The first-order chi connectivity index (χ1) is 7.34. The second kappa shape index (κ2) is 5.05. The maximum atomic E-state index is 6.06. The molecule has 0 aliphatic heterocycles. The van der Waals surface area contributed by atoms with E-state index < -0.39 is 0 Å². The van der Waals surface area contributed by atoms with Gasteiger partial charge in [0.2, 0.25) is 0 Å². The minimum absolute atomic E-state index is 0.165. The zero-order valence-electron chi connectivity index (χ0n) is 8.47. The van der Waals surface area contributed by atoms with Crippen molar-refractivity contribution in [3.8, 4) is 0 Å². The van der Waals surface area contributed by atoms with Crippen molar-refractivity contribution in [1.29, 1.82) is 0 Å². The monoisotopic (exact) mass is 218 g/mol. The number of thiophene rings is 1. The molecule has 2 aromatic heterocycles. The van der Waals surface area contributed by atoms with E-state index in [1.807, 2.05) is 24.4 Å². The molecule has 2 rings (SSSR count). The van der Waals surface area contributed by atoms with Crippen LogP contribution in [0.3, 0.4) is 0 Å². The highest BCUT2D eigenvalue weighted by molar-refractivity contribution is 7.09. The summed E-state index contributed by atoms with van der Waals surface area (Å²) in [5, 5.41) is 2.09. The van der Waals surface area contributed by atoms with E-state index in [4.69, 9.17) is 5.73 Å². The molecule has 0 saturated heterocycles. The van der Waals surface area contributed by atoms with Crippen LogP contribution in [0.4, 0.5) is 0 Å². The van der Waals surface area contributed by atoms with Gasteiger partial charge in [-0.25, -0.2) is 0 Å². The summed E-state index contributed by atoms with van der Waals surface area (Å²) in [6, 6.07) is 10.3. The van der Waals surface area contributed by atoms with Crippen molar-refractivity contribution in [2.45, 2.75) is 18.9 Å². The Labute approximate surface area is 93.8 Å². The average Bonchev–Trinajstić information content (AvgIpc) is 2.71. The lowest BCUT2D eigenvalue weighted by Crippen LogP contribution is -2.25. The van der Waals surface area contributed by atoms with E-state index in [-0.39, 0.29) is 6.04 Å². The van der Waals surface area contributed by atoms with E-state index in [1.165, 1.54) is 4.88 Å². The van der Waals surface area contributed by atoms with Gasteiger partial charge in [-0.2, -0.15) is 0 Å². The Morgan fingerprint density at radius 3 is 2.80 bits per heavy atom.